The van der Waals surface area contributed by atoms with Crippen molar-refractivity contribution in [3.05, 3.63) is 70.7 Å². The van der Waals surface area contributed by atoms with Crippen molar-refractivity contribution < 1.29 is 5.21 Å². The Morgan fingerprint density at radius 1 is 0.875 bits per heavy atom. The Morgan fingerprint density at radius 3 is 2.33 bits per heavy atom. The Labute approximate surface area is 149 Å². The molecule has 4 atom stereocenters. The van der Waals surface area contributed by atoms with E-state index in [4.69, 9.17) is 11.6 Å². The van der Waals surface area contributed by atoms with Crippen LogP contribution >= 0.6 is 11.6 Å². The van der Waals surface area contributed by atoms with E-state index in [2.05, 4.69) is 36.4 Å². The molecule has 0 amide bonds. The number of fused-ring (bicyclic) bond motifs is 1. The summed E-state index contributed by atoms with van der Waals surface area (Å²) in [6.07, 6.45) is 5.75. The number of hydrogen-bond acceptors (Lipinski definition) is 2. The molecule has 1 aliphatic heterocycles. The summed E-state index contributed by atoms with van der Waals surface area (Å²) in [5.74, 6) is 1.02. The molecule has 1 heterocycles. The van der Waals surface area contributed by atoms with Crippen molar-refractivity contribution in [3.63, 3.8) is 0 Å². The van der Waals surface area contributed by atoms with Gasteiger partial charge in [-0.25, -0.2) is 0 Å². The molecule has 2 aromatic carbocycles. The van der Waals surface area contributed by atoms with Crippen LogP contribution in [0.15, 0.2) is 54.6 Å². The minimum atomic E-state index is 0.0752. The predicted molar refractivity (Wildman–Crippen MR) is 97.4 cm³/mol. The van der Waals surface area contributed by atoms with Crippen LogP contribution in [0.1, 0.15) is 55.2 Å². The number of halogens is 1. The molecule has 4 rings (SSSR count). The standard InChI is InChI=1S/C21H24ClNO/c22-17-12-10-15(11-13-17)19-14-21(16-6-2-1-3-7-16)23(24)20-9-5-4-8-18(19)20/h1-3,6-7,10-13,18-21,24H,4-5,8-9,14H2/t18-,19+,20-,21-/m1/s1. The van der Waals surface area contributed by atoms with Gasteiger partial charge in [-0.05, 0) is 54.4 Å². The highest BCUT2D eigenvalue weighted by Gasteiger charge is 2.44. The highest BCUT2D eigenvalue weighted by molar-refractivity contribution is 6.30. The van der Waals surface area contributed by atoms with Crippen molar-refractivity contribution in [3.8, 4) is 0 Å². The lowest BCUT2D eigenvalue weighted by Gasteiger charge is -2.49. The molecule has 2 aromatic rings. The van der Waals surface area contributed by atoms with Gasteiger partial charge in [0.15, 0.2) is 0 Å². The zero-order chi connectivity index (χ0) is 16.5. The average Bonchev–Trinajstić information content (AvgIpc) is 2.64. The molecule has 0 radical (unpaired) electrons. The highest BCUT2D eigenvalue weighted by Crippen LogP contribution is 2.49. The Kier molecular flexibility index (Phi) is 4.62. The van der Waals surface area contributed by atoms with Gasteiger partial charge < -0.3 is 5.21 Å². The summed E-state index contributed by atoms with van der Waals surface area (Å²) < 4.78 is 0. The monoisotopic (exact) mass is 341 g/mol. The van der Waals surface area contributed by atoms with Crippen LogP contribution in [0, 0.1) is 5.92 Å². The molecule has 0 unspecified atom stereocenters. The number of benzene rings is 2. The largest absolute Gasteiger partial charge is 0.313 e. The summed E-state index contributed by atoms with van der Waals surface area (Å²) in [7, 11) is 0. The molecule has 2 nitrogen and oxygen atoms in total. The van der Waals surface area contributed by atoms with Gasteiger partial charge in [0.1, 0.15) is 0 Å². The second-order valence-corrected chi connectivity index (χ2v) is 7.65. The Hall–Kier alpha value is -1.35. The van der Waals surface area contributed by atoms with E-state index in [0.717, 1.165) is 17.9 Å². The van der Waals surface area contributed by atoms with Gasteiger partial charge in [-0.1, -0.05) is 66.9 Å². The molecule has 126 valence electrons. The van der Waals surface area contributed by atoms with Gasteiger partial charge in [0, 0.05) is 11.1 Å². The first-order valence-corrected chi connectivity index (χ1v) is 9.39. The van der Waals surface area contributed by atoms with E-state index >= 15 is 0 Å². The van der Waals surface area contributed by atoms with Crippen LogP contribution in [0.25, 0.3) is 0 Å². The van der Waals surface area contributed by atoms with E-state index in [1.54, 1.807) is 5.06 Å². The van der Waals surface area contributed by atoms with Crippen LogP contribution < -0.4 is 0 Å². The predicted octanol–water partition coefficient (Wildman–Crippen LogP) is 5.82. The Bertz CT molecular complexity index is 672. The van der Waals surface area contributed by atoms with Crippen LogP contribution in [0.4, 0.5) is 0 Å². The number of piperidine rings is 1. The number of nitrogens with zero attached hydrogens (tertiary/aromatic N) is 1. The molecule has 1 saturated carbocycles. The van der Waals surface area contributed by atoms with E-state index in [1.807, 2.05) is 18.2 Å². The number of rotatable bonds is 2. The van der Waals surface area contributed by atoms with Gasteiger partial charge in [0.05, 0.1) is 6.04 Å². The fourth-order valence-electron chi connectivity index (χ4n) is 4.75. The van der Waals surface area contributed by atoms with Crippen LogP contribution in [0.5, 0.6) is 0 Å². The van der Waals surface area contributed by atoms with E-state index in [1.165, 1.54) is 30.4 Å². The summed E-state index contributed by atoms with van der Waals surface area (Å²) >= 11 is 6.09. The van der Waals surface area contributed by atoms with Crippen LogP contribution in [-0.2, 0) is 0 Å². The van der Waals surface area contributed by atoms with E-state index < -0.39 is 0 Å². The van der Waals surface area contributed by atoms with Crippen LogP contribution in [-0.4, -0.2) is 16.3 Å². The minimum absolute atomic E-state index is 0.0752. The first-order valence-electron chi connectivity index (χ1n) is 9.01. The second-order valence-electron chi connectivity index (χ2n) is 7.22. The quantitative estimate of drug-likeness (QED) is 0.744. The lowest BCUT2D eigenvalue weighted by molar-refractivity contribution is -0.207. The molecule has 3 heteroatoms. The number of hydroxylamine groups is 2. The zero-order valence-electron chi connectivity index (χ0n) is 13.8. The third kappa shape index (κ3) is 2.99. The van der Waals surface area contributed by atoms with Crippen molar-refractivity contribution in [1.29, 1.82) is 0 Å². The summed E-state index contributed by atoms with van der Waals surface area (Å²) in [6.45, 7) is 0. The average molecular weight is 342 g/mol. The minimum Gasteiger partial charge on any atom is -0.313 e. The first kappa shape index (κ1) is 16.1. The SMILES string of the molecule is ON1[C@@H](c2ccccc2)C[C@@H](c2ccc(Cl)cc2)[C@H]2CCCC[C@H]21. The van der Waals surface area contributed by atoms with Gasteiger partial charge in [-0.2, -0.15) is 5.06 Å². The van der Waals surface area contributed by atoms with Crippen molar-refractivity contribution in [2.45, 2.75) is 50.1 Å². The summed E-state index contributed by atoms with van der Waals surface area (Å²) in [4.78, 5) is 0. The maximum atomic E-state index is 10.9. The molecule has 2 fully saturated rings. The smallest absolute Gasteiger partial charge is 0.0608 e. The van der Waals surface area contributed by atoms with Gasteiger partial charge in [-0.15, -0.1) is 0 Å². The molecule has 1 N–H and O–H groups in total. The molecule has 1 saturated heterocycles. The van der Waals surface area contributed by atoms with Crippen LogP contribution in [0.2, 0.25) is 5.02 Å². The van der Waals surface area contributed by atoms with Gasteiger partial charge >= 0.3 is 0 Å². The number of hydrogen-bond donors (Lipinski definition) is 1. The fourth-order valence-corrected chi connectivity index (χ4v) is 4.88. The maximum absolute atomic E-state index is 10.9. The molecule has 1 aliphatic carbocycles. The molecule has 24 heavy (non-hydrogen) atoms. The Balaban J connectivity index is 1.70. The second kappa shape index (κ2) is 6.87. The first-order chi connectivity index (χ1) is 11.7. The summed E-state index contributed by atoms with van der Waals surface area (Å²) in [5.41, 5.74) is 2.58. The van der Waals surface area contributed by atoms with E-state index in [9.17, 15) is 5.21 Å². The maximum Gasteiger partial charge on any atom is 0.0608 e. The van der Waals surface area contributed by atoms with Gasteiger partial charge in [-0.3, -0.25) is 0 Å². The zero-order valence-corrected chi connectivity index (χ0v) is 14.6. The lowest BCUT2D eigenvalue weighted by atomic mass is 9.67. The fraction of sp³-hybridized carbons (Fsp3) is 0.429. The lowest BCUT2D eigenvalue weighted by Crippen LogP contribution is -2.49. The molecular weight excluding hydrogens is 318 g/mol. The molecule has 0 aromatic heterocycles. The third-order valence-electron chi connectivity index (χ3n) is 5.92. The van der Waals surface area contributed by atoms with Gasteiger partial charge in [0.25, 0.3) is 0 Å². The van der Waals surface area contributed by atoms with Crippen molar-refractivity contribution >= 4 is 11.6 Å². The summed E-state index contributed by atoms with van der Waals surface area (Å²) in [5, 5.41) is 13.4. The third-order valence-corrected chi connectivity index (χ3v) is 6.17. The van der Waals surface area contributed by atoms with Crippen molar-refractivity contribution in [2.24, 2.45) is 5.92 Å². The molecule has 0 bridgehead atoms. The van der Waals surface area contributed by atoms with E-state index in [-0.39, 0.29) is 12.1 Å². The van der Waals surface area contributed by atoms with E-state index in [0.29, 0.717) is 11.8 Å². The normalized spacial score (nSPS) is 30.8. The topological polar surface area (TPSA) is 23.5 Å². The Morgan fingerprint density at radius 2 is 1.58 bits per heavy atom. The van der Waals surface area contributed by atoms with Crippen molar-refractivity contribution in [2.75, 3.05) is 0 Å². The molecule has 0 spiro atoms. The highest BCUT2D eigenvalue weighted by atomic mass is 35.5. The van der Waals surface area contributed by atoms with Crippen molar-refractivity contribution in [1.82, 2.24) is 5.06 Å². The molecular formula is C21H24ClNO. The summed E-state index contributed by atoms with van der Waals surface area (Å²) in [6, 6.07) is 19.1. The molecule has 2 aliphatic rings. The van der Waals surface area contributed by atoms with Gasteiger partial charge in [0.2, 0.25) is 0 Å². The van der Waals surface area contributed by atoms with Crippen LogP contribution in [0.3, 0.4) is 0 Å².